The van der Waals surface area contributed by atoms with Crippen LogP contribution in [-0.2, 0) is 33.1 Å². The number of hydrogen-bond donors (Lipinski definition) is 2. The number of hydrogen-bond acceptors (Lipinski definition) is 6. The predicted molar refractivity (Wildman–Crippen MR) is 156 cm³/mol. The number of aryl methyl sites for hydroxylation is 2. The molecule has 0 saturated carbocycles. The van der Waals surface area contributed by atoms with Gasteiger partial charge in [0.1, 0.15) is 9.79 Å². The molecule has 0 aliphatic rings. The molecule has 0 aliphatic carbocycles. The quantitative estimate of drug-likeness (QED) is 0.158. The topological polar surface area (TPSA) is 135 Å². The van der Waals surface area contributed by atoms with E-state index in [0.717, 1.165) is 17.7 Å². The molecule has 2 N–H and O–H groups in total. The highest BCUT2D eigenvalue weighted by Crippen LogP contribution is 2.47. The Morgan fingerprint density at radius 2 is 1.18 bits per heavy atom. The highest BCUT2D eigenvalue weighted by molar-refractivity contribution is 7.89. The normalized spacial score (nSPS) is 12.3. The fourth-order valence-electron chi connectivity index (χ4n) is 5.25. The summed E-state index contributed by atoms with van der Waals surface area (Å²) in [6.45, 7) is 3.79. The zero-order valence-electron chi connectivity index (χ0n) is 22.0. The first kappa shape index (κ1) is 27.9. The van der Waals surface area contributed by atoms with Crippen LogP contribution in [0, 0.1) is 0 Å². The summed E-state index contributed by atoms with van der Waals surface area (Å²) in [5.74, 6) is 0. The van der Waals surface area contributed by atoms with Crippen LogP contribution < -0.4 is 0 Å². The van der Waals surface area contributed by atoms with E-state index in [2.05, 4.69) is 4.98 Å². The van der Waals surface area contributed by atoms with E-state index >= 15 is 0 Å². The van der Waals surface area contributed by atoms with Gasteiger partial charge < -0.3 is 0 Å². The molecule has 206 valence electrons. The summed E-state index contributed by atoms with van der Waals surface area (Å²) in [5, 5.41) is 0.571. The molecular formula is C30H28N2O6S2. The lowest BCUT2D eigenvalue weighted by Crippen LogP contribution is -2.15. The molecule has 5 rings (SSSR count). The molecule has 3 aromatic carbocycles. The molecule has 5 aromatic rings. The van der Waals surface area contributed by atoms with Gasteiger partial charge in [0, 0.05) is 22.0 Å². The molecule has 0 saturated heterocycles. The van der Waals surface area contributed by atoms with E-state index in [9.17, 15) is 25.9 Å². The van der Waals surface area contributed by atoms with Crippen molar-refractivity contribution < 1.29 is 25.9 Å². The minimum absolute atomic E-state index is 0.0465. The van der Waals surface area contributed by atoms with Crippen molar-refractivity contribution in [3.8, 4) is 22.3 Å². The number of rotatable bonds is 8. The minimum atomic E-state index is -5.21. The second-order valence-corrected chi connectivity index (χ2v) is 12.3. The molecule has 0 bridgehead atoms. The van der Waals surface area contributed by atoms with Crippen molar-refractivity contribution in [1.29, 1.82) is 0 Å². The third-order valence-electron chi connectivity index (χ3n) is 6.76. The van der Waals surface area contributed by atoms with Gasteiger partial charge >= 0.3 is 0 Å². The van der Waals surface area contributed by atoms with Crippen molar-refractivity contribution in [2.75, 3.05) is 0 Å². The Kier molecular flexibility index (Phi) is 7.45. The second-order valence-electron chi connectivity index (χ2n) is 9.57. The second kappa shape index (κ2) is 10.7. The van der Waals surface area contributed by atoms with Crippen molar-refractivity contribution in [3.63, 3.8) is 0 Å². The van der Waals surface area contributed by atoms with Crippen molar-refractivity contribution in [2.45, 2.75) is 49.3 Å². The Labute approximate surface area is 233 Å². The third-order valence-corrected chi connectivity index (χ3v) is 8.77. The molecule has 0 aliphatic heterocycles. The summed E-state index contributed by atoms with van der Waals surface area (Å²) in [5.41, 5.74) is 3.37. The molecule has 0 amide bonds. The predicted octanol–water partition coefficient (Wildman–Crippen LogP) is 6.52. The fraction of sp³-hybridized carbons (Fsp3) is 0.200. The van der Waals surface area contributed by atoms with Crippen molar-refractivity contribution in [1.82, 2.24) is 9.97 Å². The van der Waals surface area contributed by atoms with Crippen molar-refractivity contribution in [3.05, 3.63) is 84.2 Å². The fourth-order valence-corrected chi connectivity index (χ4v) is 7.47. The zero-order chi connectivity index (χ0) is 28.7. The maximum Gasteiger partial charge on any atom is 0.297 e. The molecule has 0 radical (unpaired) electrons. The first-order valence-electron chi connectivity index (χ1n) is 12.9. The molecule has 2 aromatic heterocycles. The minimum Gasteiger partial charge on any atom is -0.282 e. The van der Waals surface area contributed by atoms with E-state index in [1.807, 2.05) is 49.4 Å². The van der Waals surface area contributed by atoms with Gasteiger partial charge in [0.2, 0.25) is 0 Å². The monoisotopic (exact) mass is 576 g/mol. The standard InChI is InChI=1S/C30H28N2O6S2/c1-3-11-21-17-18-22-24(19-13-7-5-8-14-19)25(20-15-9-6-10-16-20)26-28(27(22)31-21)32-23(12-4-2)29(39(33,34)35)30(26)40(36,37)38/h5-10,13-18H,3-4,11-12H2,1-2H3,(H,33,34,35)(H,36,37,38). The number of fused-ring (bicyclic) bond motifs is 3. The molecule has 2 heterocycles. The lowest BCUT2D eigenvalue weighted by Gasteiger charge is -2.21. The Bertz CT molecular complexity index is 1960. The number of aromatic nitrogens is 2. The summed E-state index contributed by atoms with van der Waals surface area (Å²) in [6.07, 6.45) is 1.94. The van der Waals surface area contributed by atoms with E-state index in [1.165, 1.54) is 0 Å². The molecule has 40 heavy (non-hydrogen) atoms. The number of nitrogens with zero attached hydrogens (tertiary/aromatic N) is 2. The van der Waals surface area contributed by atoms with Gasteiger partial charge in [-0.3, -0.25) is 14.1 Å². The maximum absolute atomic E-state index is 13.1. The molecule has 0 unspecified atom stereocenters. The van der Waals surface area contributed by atoms with E-state index in [4.69, 9.17) is 4.98 Å². The highest BCUT2D eigenvalue weighted by atomic mass is 32.2. The Hall–Kier alpha value is -3.70. The first-order chi connectivity index (χ1) is 19.1. The van der Waals surface area contributed by atoms with Gasteiger partial charge in [-0.25, -0.2) is 4.98 Å². The molecule has 0 fully saturated rings. The molecule has 0 atom stereocenters. The summed E-state index contributed by atoms with van der Waals surface area (Å²) in [6, 6.07) is 22.0. The maximum atomic E-state index is 13.1. The van der Waals surface area contributed by atoms with Gasteiger partial charge in [-0.2, -0.15) is 16.8 Å². The van der Waals surface area contributed by atoms with E-state index < -0.39 is 30.0 Å². The van der Waals surface area contributed by atoms with Crippen LogP contribution in [0.15, 0.2) is 82.6 Å². The van der Waals surface area contributed by atoms with E-state index in [0.29, 0.717) is 40.4 Å². The molecule has 10 heteroatoms. The van der Waals surface area contributed by atoms with Gasteiger partial charge in [-0.05, 0) is 35.6 Å². The van der Waals surface area contributed by atoms with Gasteiger partial charge in [0.05, 0.1) is 16.7 Å². The first-order valence-corrected chi connectivity index (χ1v) is 15.8. The van der Waals surface area contributed by atoms with Crippen molar-refractivity contribution >= 4 is 42.0 Å². The number of benzene rings is 3. The van der Waals surface area contributed by atoms with Crippen LogP contribution in [0.5, 0.6) is 0 Å². The Morgan fingerprint density at radius 1 is 0.625 bits per heavy atom. The van der Waals surface area contributed by atoms with Crippen LogP contribution in [0.25, 0.3) is 44.1 Å². The molecule has 0 spiro atoms. The van der Waals surface area contributed by atoms with Crippen LogP contribution in [0.3, 0.4) is 0 Å². The summed E-state index contributed by atoms with van der Waals surface area (Å²) in [4.78, 5) is 7.75. The average molecular weight is 577 g/mol. The smallest absolute Gasteiger partial charge is 0.282 e. The summed E-state index contributed by atoms with van der Waals surface area (Å²) in [7, 11) is -10.3. The van der Waals surface area contributed by atoms with Crippen LogP contribution in [0.4, 0.5) is 0 Å². The lowest BCUT2D eigenvalue weighted by atomic mass is 9.87. The SMILES string of the molecule is CCCc1ccc2c(-c3ccccc3)c(-c3ccccc3)c3c(S(=O)(=O)O)c(S(=O)(=O)O)c(CCC)nc3c2n1. The lowest BCUT2D eigenvalue weighted by molar-refractivity contribution is 0.465. The summed E-state index contributed by atoms with van der Waals surface area (Å²) < 4.78 is 72.8. The number of pyridine rings is 2. The van der Waals surface area contributed by atoms with Gasteiger partial charge in [-0.1, -0.05) is 93.4 Å². The molecule has 8 nitrogen and oxygen atoms in total. The van der Waals surface area contributed by atoms with Gasteiger partial charge in [-0.15, -0.1) is 0 Å². The van der Waals surface area contributed by atoms with E-state index in [1.54, 1.807) is 37.3 Å². The average Bonchev–Trinajstić information content (AvgIpc) is 2.92. The molecular weight excluding hydrogens is 548 g/mol. The zero-order valence-corrected chi connectivity index (χ0v) is 23.6. The van der Waals surface area contributed by atoms with Crippen LogP contribution >= 0.6 is 0 Å². The van der Waals surface area contributed by atoms with Crippen LogP contribution in [0.2, 0.25) is 0 Å². The van der Waals surface area contributed by atoms with E-state index in [-0.39, 0.29) is 23.0 Å². The summed E-state index contributed by atoms with van der Waals surface area (Å²) >= 11 is 0. The van der Waals surface area contributed by atoms with Crippen LogP contribution in [-0.4, -0.2) is 35.9 Å². The Morgan fingerprint density at radius 3 is 1.70 bits per heavy atom. The van der Waals surface area contributed by atoms with Gasteiger partial charge in [0.25, 0.3) is 20.2 Å². The third kappa shape index (κ3) is 4.99. The highest BCUT2D eigenvalue weighted by Gasteiger charge is 2.34. The van der Waals surface area contributed by atoms with Crippen molar-refractivity contribution in [2.24, 2.45) is 0 Å². The van der Waals surface area contributed by atoms with Crippen LogP contribution in [0.1, 0.15) is 38.1 Å². The van der Waals surface area contributed by atoms with Gasteiger partial charge in [0.15, 0.2) is 0 Å². The largest absolute Gasteiger partial charge is 0.297 e. The Balaban J connectivity index is 2.21.